The van der Waals surface area contributed by atoms with Crippen LogP contribution < -0.4 is 11.1 Å². The zero-order chi connectivity index (χ0) is 13.4. The van der Waals surface area contributed by atoms with Gasteiger partial charge in [-0.15, -0.1) is 0 Å². The zero-order valence-electron chi connectivity index (χ0n) is 10.1. The van der Waals surface area contributed by atoms with Crippen molar-refractivity contribution >= 4 is 29.0 Å². The van der Waals surface area contributed by atoms with Gasteiger partial charge in [-0.25, -0.2) is 4.98 Å². The maximum Gasteiger partial charge on any atom is 0.273 e. The molecular formula is C13H13ClN4O. The monoisotopic (exact) mass is 276 g/mol. The highest BCUT2D eigenvalue weighted by molar-refractivity contribution is 6.30. The van der Waals surface area contributed by atoms with E-state index in [1.54, 1.807) is 30.6 Å². The van der Waals surface area contributed by atoms with Crippen molar-refractivity contribution in [2.45, 2.75) is 18.9 Å². The number of nitrogens with zero attached hydrogens (tertiary/aromatic N) is 2. The topological polar surface area (TPSA) is 72.9 Å². The highest BCUT2D eigenvalue weighted by Gasteiger charge is 2.27. The van der Waals surface area contributed by atoms with Gasteiger partial charge in [0.25, 0.3) is 5.91 Å². The number of anilines is 2. The Morgan fingerprint density at radius 1 is 1.47 bits per heavy atom. The first kappa shape index (κ1) is 12.0. The number of halogens is 1. The van der Waals surface area contributed by atoms with Crippen LogP contribution in [0.15, 0.2) is 30.6 Å². The van der Waals surface area contributed by atoms with Crippen LogP contribution in [0.4, 0.5) is 11.5 Å². The number of rotatable bonds is 3. The molecule has 5 nitrogen and oxygen atoms in total. The number of nitrogen functional groups attached to an aromatic ring is 1. The summed E-state index contributed by atoms with van der Waals surface area (Å²) in [5, 5.41) is 3.25. The van der Waals surface area contributed by atoms with Crippen LogP contribution in [0.1, 0.15) is 29.4 Å². The Labute approximate surface area is 115 Å². The van der Waals surface area contributed by atoms with Gasteiger partial charge in [0.15, 0.2) is 0 Å². The molecule has 0 spiro atoms. The van der Waals surface area contributed by atoms with Crippen molar-refractivity contribution in [1.82, 2.24) is 9.55 Å². The summed E-state index contributed by atoms with van der Waals surface area (Å²) >= 11 is 5.85. The van der Waals surface area contributed by atoms with E-state index in [-0.39, 0.29) is 5.91 Å². The van der Waals surface area contributed by atoms with Crippen LogP contribution in [0.25, 0.3) is 0 Å². The number of nitrogens with one attached hydrogen (secondary N) is 1. The molecule has 0 unspecified atom stereocenters. The van der Waals surface area contributed by atoms with Crippen LogP contribution in [-0.4, -0.2) is 15.5 Å². The number of hydrogen-bond donors (Lipinski definition) is 2. The van der Waals surface area contributed by atoms with Gasteiger partial charge < -0.3 is 15.6 Å². The molecule has 1 aliphatic rings. The fourth-order valence-electron chi connectivity index (χ4n) is 1.99. The second kappa shape index (κ2) is 4.59. The molecule has 3 rings (SSSR count). The van der Waals surface area contributed by atoms with Gasteiger partial charge >= 0.3 is 0 Å². The predicted molar refractivity (Wildman–Crippen MR) is 74.3 cm³/mol. The molecule has 0 atom stereocenters. The Kier molecular flexibility index (Phi) is 2.91. The largest absolute Gasteiger partial charge is 0.397 e. The summed E-state index contributed by atoms with van der Waals surface area (Å²) in [5.41, 5.74) is 6.91. The van der Waals surface area contributed by atoms with Crippen molar-refractivity contribution < 1.29 is 4.79 Å². The molecule has 0 radical (unpaired) electrons. The molecule has 98 valence electrons. The lowest BCUT2D eigenvalue weighted by molar-refractivity contribution is 0.101. The lowest BCUT2D eigenvalue weighted by atomic mass is 10.3. The van der Waals surface area contributed by atoms with Gasteiger partial charge in [-0.05, 0) is 31.0 Å². The molecule has 1 aliphatic carbocycles. The summed E-state index contributed by atoms with van der Waals surface area (Å²) in [6.45, 7) is 0. The van der Waals surface area contributed by atoms with Crippen molar-refractivity contribution in [1.29, 1.82) is 0 Å². The summed E-state index contributed by atoms with van der Waals surface area (Å²) in [5.74, 6) is 0.206. The molecule has 0 saturated heterocycles. The Bertz CT molecular complexity index is 633. The first-order chi connectivity index (χ1) is 9.13. The molecule has 3 N–H and O–H groups in total. The fourth-order valence-corrected chi connectivity index (χ4v) is 2.15. The third-order valence-electron chi connectivity index (χ3n) is 3.01. The molecule has 0 aromatic carbocycles. The van der Waals surface area contributed by atoms with E-state index in [0.29, 0.717) is 28.3 Å². The van der Waals surface area contributed by atoms with Crippen molar-refractivity contribution in [3.63, 3.8) is 0 Å². The highest BCUT2D eigenvalue weighted by Crippen LogP contribution is 2.37. The van der Waals surface area contributed by atoms with Gasteiger partial charge in [-0.3, -0.25) is 4.79 Å². The average Bonchev–Trinajstić information content (AvgIpc) is 3.12. The summed E-state index contributed by atoms with van der Waals surface area (Å²) in [7, 11) is 0. The van der Waals surface area contributed by atoms with Gasteiger partial charge in [-0.2, -0.15) is 0 Å². The van der Waals surface area contributed by atoms with Crippen molar-refractivity contribution in [2.75, 3.05) is 11.1 Å². The first-order valence-electron chi connectivity index (χ1n) is 6.04. The number of pyridine rings is 1. The predicted octanol–water partition coefficient (Wildman–Crippen LogP) is 2.71. The first-order valence-corrected chi connectivity index (χ1v) is 6.41. The van der Waals surface area contributed by atoms with Crippen LogP contribution in [0.3, 0.4) is 0 Å². The number of carbonyl (C=O) groups excluding carboxylic acids is 1. The van der Waals surface area contributed by atoms with E-state index in [9.17, 15) is 4.79 Å². The molecule has 1 fully saturated rings. The van der Waals surface area contributed by atoms with E-state index >= 15 is 0 Å². The molecular weight excluding hydrogens is 264 g/mol. The average molecular weight is 277 g/mol. The molecule has 0 aliphatic heterocycles. The maximum atomic E-state index is 12.2. The minimum absolute atomic E-state index is 0.224. The highest BCUT2D eigenvalue weighted by atomic mass is 35.5. The molecule has 1 saturated carbocycles. The van der Waals surface area contributed by atoms with Gasteiger partial charge in [-0.1, -0.05) is 11.6 Å². The second-order valence-electron chi connectivity index (χ2n) is 4.61. The lowest BCUT2D eigenvalue weighted by Crippen LogP contribution is -2.17. The van der Waals surface area contributed by atoms with Gasteiger partial charge in [0.2, 0.25) is 0 Å². The van der Waals surface area contributed by atoms with E-state index in [1.165, 1.54) is 0 Å². The second-order valence-corrected chi connectivity index (χ2v) is 5.05. The van der Waals surface area contributed by atoms with Crippen LogP contribution >= 0.6 is 11.6 Å². The SMILES string of the molecule is Nc1cc(C(=O)Nc2cc(Cl)ccn2)n(C2CC2)c1. The number of carbonyl (C=O) groups is 1. The lowest BCUT2D eigenvalue weighted by Gasteiger charge is -2.08. The smallest absolute Gasteiger partial charge is 0.273 e. The molecule has 2 aromatic rings. The van der Waals surface area contributed by atoms with E-state index < -0.39 is 0 Å². The summed E-state index contributed by atoms with van der Waals surface area (Å²) < 4.78 is 1.93. The van der Waals surface area contributed by atoms with Crippen LogP contribution in [-0.2, 0) is 0 Å². The van der Waals surface area contributed by atoms with Crippen molar-refractivity contribution in [2.24, 2.45) is 0 Å². The van der Waals surface area contributed by atoms with E-state index in [2.05, 4.69) is 10.3 Å². The van der Waals surface area contributed by atoms with Gasteiger partial charge in [0.05, 0.1) is 5.69 Å². The maximum absolute atomic E-state index is 12.2. The Hall–Kier alpha value is -2.01. The number of amides is 1. The Morgan fingerprint density at radius 3 is 2.95 bits per heavy atom. The third kappa shape index (κ3) is 2.56. The minimum Gasteiger partial charge on any atom is -0.397 e. The van der Waals surface area contributed by atoms with E-state index in [4.69, 9.17) is 17.3 Å². The number of hydrogen-bond acceptors (Lipinski definition) is 3. The molecule has 2 heterocycles. The quantitative estimate of drug-likeness (QED) is 0.905. The van der Waals surface area contributed by atoms with Crippen LogP contribution in [0, 0.1) is 0 Å². The zero-order valence-corrected chi connectivity index (χ0v) is 10.9. The molecule has 0 bridgehead atoms. The van der Waals surface area contributed by atoms with Gasteiger partial charge in [0.1, 0.15) is 11.5 Å². The molecule has 6 heteroatoms. The number of nitrogens with two attached hydrogens (primary N) is 1. The minimum atomic E-state index is -0.224. The van der Waals surface area contributed by atoms with Crippen LogP contribution in [0.2, 0.25) is 5.02 Å². The number of aromatic nitrogens is 2. The summed E-state index contributed by atoms with van der Waals surface area (Å²) in [6, 6.07) is 5.33. The molecule has 2 aromatic heterocycles. The van der Waals surface area contributed by atoms with Crippen molar-refractivity contribution in [3.05, 3.63) is 41.3 Å². The normalized spacial score (nSPS) is 14.4. The summed E-state index contributed by atoms with van der Waals surface area (Å²) in [6.07, 6.45) is 5.53. The summed E-state index contributed by atoms with van der Waals surface area (Å²) in [4.78, 5) is 16.3. The van der Waals surface area contributed by atoms with Crippen molar-refractivity contribution in [3.8, 4) is 0 Å². The molecule has 1 amide bonds. The Balaban J connectivity index is 1.84. The Morgan fingerprint density at radius 2 is 2.26 bits per heavy atom. The fraction of sp³-hybridized carbons (Fsp3) is 0.231. The standard InChI is InChI=1S/C13H13ClN4O/c14-8-3-4-16-12(5-8)17-13(19)11-6-9(15)7-18(11)10-1-2-10/h3-7,10H,1-2,15H2,(H,16,17,19). The van der Waals surface area contributed by atoms with E-state index in [1.807, 2.05) is 4.57 Å². The van der Waals surface area contributed by atoms with E-state index in [0.717, 1.165) is 12.8 Å². The van der Waals surface area contributed by atoms with Gasteiger partial charge in [0, 0.05) is 23.5 Å². The van der Waals surface area contributed by atoms with Crippen LogP contribution in [0.5, 0.6) is 0 Å². The molecule has 19 heavy (non-hydrogen) atoms. The third-order valence-corrected chi connectivity index (χ3v) is 3.24.